The van der Waals surface area contributed by atoms with E-state index in [0.29, 0.717) is 34.2 Å². The van der Waals surface area contributed by atoms with Crippen molar-refractivity contribution in [2.24, 2.45) is 17.8 Å². The lowest BCUT2D eigenvalue weighted by molar-refractivity contribution is -0.122. The number of carbonyl (C=O) groups excluding carboxylic acids is 2. The zero-order valence-corrected chi connectivity index (χ0v) is 25.3. The molecule has 0 bridgehead atoms. The molecule has 2 aromatic rings. The number of anilines is 1. The van der Waals surface area contributed by atoms with Crippen molar-refractivity contribution in [2.45, 2.75) is 58.4 Å². The first kappa shape index (κ1) is 28.9. The summed E-state index contributed by atoms with van der Waals surface area (Å²) in [6.45, 7) is 4.18. The number of rotatable bonds is 8. The van der Waals surface area contributed by atoms with Crippen molar-refractivity contribution >= 4 is 53.3 Å². The molecule has 0 unspecified atom stereocenters. The van der Waals surface area contributed by atoms with E-state index in [0.717, 1.165) is 36.0 Å². The van der Waals surface area contributed by atoms with Crippen molar-refractivity contribution in [1.82, 2.24) is 0 Å². The van der Waals surface area contributed by atoms with Gasteiger partial charge in [0, 0.05) is 0 Å². The van der Waals surface area contributed by atoms with Gasteiger partial charge in [-0.2, -0.15) is 0 Å². The largest absolute Gasteiger partial charge is 0.504 e. The van der Waals surface area contributed by atoms with Gasteiger partial charge in [-0.25, -0.2) is 0 Å². The Morgan fingerprint density at radius 2 is 1.95 bits per heavy atom. The highest BCUT2D eigenvalue weighted by Gasteiger charge is 2.57. The number of ether oxygens (including phenoxy) is 1. The number of amides is 2. The maximum Gasteiger partial charge on any atom is 0.455 e. The molecule has 40 heavy (non-hydrogen) atoms. The predicted octanol–water partition coefficient (Wildman–Crippen LogP) is 5.99. The van der Waals surface area contributed by atoms with Gasteiger partial charge in [-0.3, -0.25) is 14.5 Å². The van der Waals surface area contributed by atoms with Crippen molar-refractivity contribution in [2.75, 3.05) is 12.0 Å². The van der Waals surface area contributed by atoms with Crippen molar-refractivity contribution in [3.63, 3.8) is 0 Å². The summed E-state index contributed by atoms with van der Waals surface area (Å²) in [6.07, 6.45) is 5.80. The molecule has 9 heteroatoms. The Labute approximate surface area is 249 Å². The first-order valence-electron chi connectivity index (χ1n) is 13.9. The molecule has 2 fully saturated rings. The molecule has 2 aromatic carbocycles. The van der Waals surface area contributed by atoms with Crippen LogP contribution < -0.4 is 9.64 Å². The fourth-order valence-corrected chi connectivity index (χ4v) is 7.31. The number of allylic oxidation sites excluding steroid dienone is 2. The minimum atomic E-state index is -0.985. The monoisotopic (exact) mass is 655 g/mol. The quantitative estimate of drug-likeness (QED) is 0.157. The second-order valence-electron chi connectivity index (χ2n) is 11.0. The van der Waals surface area contributed by atoms with Crippen molar-refractivity contribution in [3.05, 3.63) is 68.3 Å². The highest BCUT2D eigenvalue weighted by molar-refractivity contribution is 14.1. The summed E-state index contributed by atoms with van der Waals surface area (Å²) in [7, 11) is 0.548. The van der Waals surface area contributed by atoms with Gasteiger partial charge in [-0.05, 0) is 103 Å². The van der Waals surface area contributed by atoms with Gasteiger partial charge in [0.15, 0.2) is 11.5 Å². The summed E-state index contributed by atoms with van der Waals surface area (Å²) in [4.78, 5) is 28.7. The van der Waals surface area contributed by atoms with E-state index in [1.54, 1.807) is 12.1 Å². The number of aromatic hydroxyl groups is 1. The van der Waals surface area contributed by atoms with Crippen LogP contribution in [-0.2, 0) is 14.2 Å². The number of halogens is 1. The second kappa shape index (κ2) is 12.1. The number of phenolic OH excluding ortho intramolecular Hbond substituents is 1. The van der Waals surface area contributed by atoms with Gasteiger partial charge in [0.05, 0.1) is 34.3 Å². The lowest BCUT2D eigenvalue weighted by atomic mass is 9.58. The number of benzene rings is 2. The van der Waals surface area contributed by atoms with Crippen LogP contribution in [0, 0.1) is 21.3 Å². The van der Waals surface area contributed by atoms with E-state index in [4.69, 9.17) is 9.39 Å². The van der Waals surface area contributed by atoms with Crippen LogP contribution in [-0.4, -0.2) is 42.3 Å². The van der Waals surface area contributed by atoms with E-state index in [2.05, 4.69) is 42.5 Å². The molecule has 2 saturated heterocycles. The Hall–Kier alpha value is -2.63. The molecule has 2 aliphatic heterocycles. The highest BCUT2D eigenvalue weighted by Crippen LogP contribution is 2.52. The van der Waals surface area contributed by atoms with Crippen LogP contribution in [0.3, 0.4) is 0 Å². The Kier molecular flexibility index (Phi) is 8.73. The highest BCUT2D eigenvalue weighted by atomic mass is 127. The maximum absolute atomic E-state index is 13.8. The molecule has 1 aliphatic carbocycles. The lowest BCUT2D eigenvalue weighted by Crippen LogP contribution is -2.46. The average molecular weight is 655 g/mol. The maximum atomic E-state index is 13.8. The van der Waals surface area contributed by atoms with E-state index < -0.39 is 19.0 Å². The zero-order chi connectivity index (χ0) is 28.6. The van der Waals surface area contributed by atoms with E-state index in [1.165, 1.54) is 17.6 Å². The first-order valence-corrected chi connectivity index (χ1v) is 15.0. The molecule has 0 aromatic heterocycles. The van der Waals surface area contributed by atoms with Gasteiger partial charge < -0.3 is 19.5 Å². The topological polar surface area (TPSA) is 96.3 Å². The number of hydrogen-bond donors (Lipinski definition) is 2. The fourth-order valence-electron chi connectivity index (χ4n) is 6.68. The molecule has 4 atom stereocenters. The Morgan fingerprint density at radius 3 is 2.65 bits per heavy atom. The van der Waals surface area contributed by atoms with Crippen molar-refractivity contribution < 1.29 is 29.1 Å². The standard InChI is InChI=1S/C31H35BINO6/c1-4-8-20-16-22-28(31(37)34(30(22)36)21-9-6-5-7-10-21)23-17-32(38)40-25(27(20)23)12-11-18(2)13-19-14-24(33)29(35)26(15-19)39-3/h5-7,9-10,13-15,22-23,25,28,35,38H,4,8,11-12,16-17H2,1-3H3/b18-13+/t22-,23+,25-,28-/m1/s1. The smallest absolute Gasteiger partial charge is 0.455 e. The summed E-state index contributed by atoms with van der Waals surface area (Å²) in [5.41, 5.74) is 4.99. The number of methoxy groups -OCH3 is 1. The number of fused-ring (bicyclic) bond motifs is 3. The number of hydrogen-bond acceptors (Lipinski definition) is 6. The third-order valence-corrected chi connectivity index (χ3v) is 9.18. The zero-order valence-electron chi connectivity index (χ0n) is 23.1. The fraction of sp³-hybridized carbons (Fsp3) is 0.419. The van der Waals surface area contributed by atoms with Crippen molar-refractivity contribution in [3.8, 4) is 11.5 Å². The Balaban J connectivity index is 1.41. The minimum Gasteiger partial charge on any atom is -0.504 e. The third-order valence-electron chi connectivity index (χ3n) is 8.36. The molecule has 210 valence electrons. The molecule has 7 nitrogen and oxygen atoms in total. The predicted molar refractivity (Wildman–Crippen MR) is 164 cm³/mol. The summed E-state index contributed by atoms with van der Waals surface area (Å²) in [5, 5.41) is 21.0. The molecular formula is C31H35BINO6. The van der Waals surface area contributed by atoms with Gasteiger partial charge in [-0.1, -0.05) is 48.8 Å². The number of nitrogens with zero attached hydrogens (tertiary/aromatic N) is 1. The molecule has 2 N–H and O–H groups in total. The summed E-state index contributed by atoms with van der Waals surface area (Å²) in [5.74, 6) is -0.839. The average Bonchev–Trinajstić information content (AvgIpc) is 3.18. The molecule has 2 amide bonds. The number of para-hydroxylation sites is 1. The molecular weight excluding hydrogens is 620 g/mol. The second-order valence-corrected chi connectivity index (χ2v) is 12.2. The van der Waals surface area contributed by atoms with Crippen LogP contribution in [0.1, 0.15) is 51.5 Å². The summed E-state index contributed by atoms with van der Waals surface area (Å²) in [6, 6.07) is 12.9. The normalized spacial score (nSPS) is 24.9. The molecule has 2 heterocycles. The summed E-state index contributed by atoms with van der Waals surface area (Å²) < 4.78 is 12.1. The Morgan fingerprint density at radius 1 is 1.20 bits per heavy atom. The van der Waals surface area contributed by atoms with E-state index in [1.807, 2.05) is 30.3 Å². The van der Waals surface area contributed by atoms with Gasteiger partial charge in [-0.15, -0.1) is 0 Å². The van der Waals surface area contributed by atoms with E-state index in [9.17, 15) is 19.7 Å². The number of carbonyl (C=O) groups is 2. The van der Waals surface area contributed by atoms with Gasteiger partial charge in [0.25, 0.3) is 0 Å². The Bertz CT molecular complexity index is 1360. The SMILES string of the molecule is CCCC1=C2[C@@H](CC/C(C)=C/c3cc(I)c(O)c(OC)c3)OB(O)C[C@@H]2[C@@H]2C(=O)N(c3ccccc3)C(=O)[C@@H]2C1. The molecule has 0 saturated carbocycles. The molecule has 3 aliphatic rings. The van der Waals surface area contributed by atoms with Gasteiger partial charge >= 0.3 is 7.12 Å². The van der Waals surface area contributed by atoms with Crippen molar-refractivity contribution in [1.29, 1.82) is 0 Å². The molecule has 5 rings (SSSR count). The van der Waals surface area contributed by atoms with Crippen LogP contribution in [0.25, 0.3) is 6.08 Å². The lowest BCUT2D eigenvalue weighted by Gasteiger charge is -2.43. The molecule has 0 radical (unpaired) electrons. The molecule has 0 spiro atoms. The number of imide groups is 1. The van der Waals surface area contributed by atoms with Gasteiger partial charge in [0.2, 0.25) is 11.8 Å². The summed E-state index contributed by atoms with van der Waals surface area (Å²) >= 11 is 2.09. The van der Waals surface area contributed by atoms with Crippen LogP contribution in [0.5, 0.6) is 11.5 Å². The van der Waals surface area contributed by atoms with E-state index in [-0.39, 0.29) is 29.6 Å². The van der Waals surface area contributed by atoms with Crippen LogP contribution in [0.15, 0.2) is 59.2 Å². The van der Waals surface area contributed by atoms with Crippen LogP contribution in [0.2, 0.25) is 6.32 Å². The van der Waals surface area contributed by atoms with Crippen LogP contribution >= 0.6 is 22.6 Å². The van der Waals surface area contributed by atoms with E-state index >= 15 is 0 Å². The first-order chi connectivity index (χ1) is 19.2. The van der Waals surface area contributed by atoms with Crippen LogP contribution in [0.4, 0.5) is 5.69 Å². The minimum absolute atomic E-state index is 0.130. The van der Waals surface area contributed by atoms with Gasteiger partial charge in [0.1, 0.15) is 0 Å². The number of phenols is 1. The third kappa shape index (κ3) is 5.48.